The second-order valence-corrected chi connectivity index (χ2v) is 3.92. The van der Waals surface area contributed by atoms with E-state index in [0.29, 0.717) is 0 Å². The second kappa shape index (κ2) is 5.98. The smallest absolute Gasteiger partial charge is 0.392 e. The molecule has 0 amide bonds. The first kappa shape index (κ1) is 13.1. The van der Waals surface area contributed by atoms with Crippen molar-refractivity contribution in [2.75, 3.05) is 22.7 Å². The number of aromatic nitrogens is 2. The van der Waals surface area contributed by atoms with Crippen LogP contribution in [0.15, 0.2) is 48.7 Å². The summed E-state index contributed by atoms with van der Waals surface area (Å²) in [7, 11) is 2.08. The van der Waals surface area contributed by atoms with Crippen molar-refractivity contribution in [3.63, 3.8) is 0 Å². The molecular weight excluding hydrogens is 403 g/mol. The Morgan fingerprint density at radius 3 is 2.44 bits per heavy atom. The second-order valence-electron chi connectivity index (χ2n) is 3.92. The van der Waals surface area contributed by atoms with Gasteiger partial charge in [-0.3, -0.25) is 0 Å². The fourth-order valence-electron chi connectivity index (χ4n) is 1.93. The van der Waals surface area contributed by atoms with Crippen LogP contribution in [0.25, 0.3) is 0 Å². The van der Waals surface area contributed by atoms with E-state index in [4.69, 9.17) is 0 Å². The summed E-state index contributed by atoms with van der Waals surface area (Å²) in [6, 6.07) is 14.2. The molecule has 1 aliphatic heterocycles. The Labute approximate surface area is 121 Å². The van der Waals surface area contributed by atoms with Gasteiger partial charge < -0.3 is 9.62 Å². The van der Waals surface area contributed by atoms with Gasteiger partial charge in [0, 0.05) is 45.1 Å². The zero-order chi connectivity index (χ0) is 11.5. The fraction of sp³-hybridized carbons (Fsp3) is 0.167. The van der Waals surface area contributed by atoms with Crippen LogP contribution >= 0.6 is 0 Å². The van der Waals surface area contributed by atoms with Crippen LogP contribution in [0.2, 0.25) is 0 Å². The number of anilines is 2. The van der Waals surface area contributed by atoms with Crippen LogP contribution in [0.1, 0.15) is 0 Å². The maximum atomic E-state index is 4.11. The first-order chi connectivity index (χ1) is 8.43. The van der Waals surface area contributed by atoms with Gasteiger partial charge in [-0.05, 0) is 24.3 Å². The van der Waals surface area contributed by atoms with Gasteiger partial charge >= 0.3 is 7.55 Å². The minimum Gasteiger partial charge on any atom is -0.397 e. The maximum Gasteiger partial charge on any atom is 0.392 e. The first-order valence-corrected chi connectivity index (χ1v) is 5.64. The molecule has 0 aliphatic carbocycles. The van der Waals surface area contributed by atoms with E-state index in [-0.39, 0.29) is 20.1 Å². The first-order valence-electron chi connectivity index (χ1n) is 5.64. The van der Waals surface area contributed by atoms with Gasteiger partial charge in [0.2, 0.25) is 0 Å². The largest absolute Gasteiger partial charge is 0.397 e. The summed E-state index contributed by atoms with van der Waals surface area (Å²) in [5, 5.41) is 8.00. The van der Waals surface area contributed by atoms with E-state index in [1.807, 2.05) is 30.3 Å². The molecule has 1 fully saturated rings. The predicted octanol–water partition coefficient (Wildman–Crippen LogP) is 1.33. The predicted molar refractivity (Wildman–Crippen MR) is 68.9 cm³/mol. The summed E-state index contributed by atoms with van der Waals surface area (Å²) in [5.41, 5.74) is 1.21. The zero-order valence-electron chi connectivity index (χ0n) is 9.73. The van der Waals surface area contributed by atoms with Crippen molar-refractivity contribution in [2.24, 2.45) is 0 Å². The molecule has 1 saturated heterocycles. The van der Waals surface area contributed by atoms with Crippen molar-refractivity contribution in [3.05, 3.63) is 48.7 Å². The third-order valence-electron chi connectivity index (χ3n) is 2.80. The number of hydrogen-bond acceptors (Lipinski definition) is 4. The number of nitrogens with zero attached hydrogens (tertiary/aromatic N) is 4. The molecule has 0 N–H and O–H groups in total. The molecule has 3 rings (SSSR count). The van der Waals surface area contributed by atoms with Crippen molar-refractivity contribution < 1.29 is 20.1 Å². The molecule has 1 aliphatic rings. The summed E-state index contributed by atoms with van der Waals surface area (Å²) < 4.78 is 0. The van der Waals surface area contributed by atoms with E-state index in [0.717, 1.165) is 18.9 Å². The standard InChI is InChI=1S/C12H12BN4.Ir/c1-2-5-11(6-3-1)16-9-10-17(13-16)12-7-4-8-14-15-12;/h1-8H,9-10H2;. The van der Waals surface area contributed by atoms with Crippen LogP contribution in [-0.4, -0.2) is 30.8 Å². The Morgan fingerprint density at radius 1 is 0.944 bits per heavy atom. The number of hydrogen-bond donors (Lipinski definition) is 0. The van der Waals surface area contributed by atoms with Gasteiger partial charge in [-0.2, -0.15) is 5.10 Å². The molecule has 1 aromatic carbocycles. The summed E-state index contributed by atoms with van der Waals surface area (Å²) in [5.74, 6) is 0.894. The molecule has 1 aromatic heterocycles. The van der Waals surface area contributed by atoms with Crippen LogP contribution < -0.4 is 9.62 Å². The van der Waals surface area contributed by atoms with E-state index >= 15 is 0 Å². The molecule has 4 nitrogen and oxygen atoms in total. The monoisotopic (exact) mass is 416 g/mol. The molecule has 2 heterocycles. The van der Waals surface area contributed by atoms with Crippen molar-refractivity contribution in [2.45, 2.75) is 0 Å². The van der Waals surface area contributed by atoms with E-state index < -0.39 is 0 Å². The van der Waals surface area contributed by atoms with Crippen LogP contribution in [0.3, 0.4) is 0 Å². The number of para-hydroxylation sites is 1. The van der Waals surface area contributed by atoms with Crippen molar-refractivity contribution >= 4 is 19.1 Å². The average Bonchev–Trinajstić information content (AvgIpc) is 2.90. The fourth-order valence-corrected chi connectivity index (χ4v) is 1.93. The molecule has 0 spiro atoms. The Balaban J connectivity index is 0.00000120. The molecule has 92 valence electrons. The van der Waals surface area contributed by atoms with E-state index in [2.05, 4.69) is 39.5 Å². The van der Waals surface area contributed by atoms with Gasteiger partial charge in [0.15, 0.2) is 0 Å². The molecule has 2 aromatic rings. The van der Waals surface area contributed by atoms with E-state index in [9.17, 15) is 0 Å². The molecule has 0 atom stereocenters. The van der Waals surface area contributed by atoms with Gasteiger partial charge in [-0.25, -0.2) is 0 Å². The zero-order valence-corrected chi connectivity index (χ0v) is 12.1. The minimum absolute atomic E-state index is 0. The average molecular weight is 415 g/mol. The topological polar surface area (TPSA) is 32.3 Å². The summed E-state index contributed by atoms with van der Waals surface area (Å²) >= 11 is 0. The van der Waals surface area contributed by atoms with Crippen LogP contribution in [0.4, 0.5) is 11.5 Å². The van der Waals surface area contributed by atoms with Crippen molar-refractivity contribution in [1.29, 1.82) is 0 Å². The van der Waals surface area contributed by atoms with Gasteiger partial charge in [-0.1, -0.05) is 18.2 Å². The third kappa shape index (κ3) is 2.71. The summed E-state index contributed by atoms with van der Waals surface area (Å²) in [6.45, 7) is 1.91. The van der Waals surface area contributed by atoms with Crippen LogP contribution in [-0.2, 0) is 20.1 Å². The van der Waals surface area contributed by atoms with Gasteiger partial charge in [0.25, 0.3) is 0 Å². The molecule has 18 heavy (non-hydrogen) atoms. The Morgan fingerprint density at radius 2 is 1.72 bits per heavy atom. The van der Waals surface area contributed by atoms with Crippen molar-refractivity contribution in [3.8, 4) is 0 Å². The third-order valence-corrected chi connectivity index (χ3v) is 2.80. The normalized spacial score (nSPS) is 14.0. The number of benzene rings is 1. The molecule has 2 radical (unpaired) electrons. The Kier molecular flexibility index (Phi) is 4.34. The van der Waals surface area contributed by atoms with Crippen LogP contribution in [0.5, 0.6) is 0 Å². The van der Waals surface area contributed by atoms with Gasteiger partial charge in [0.1, 0.15) is 5.82 Å². The van der Waals surface area contributed by atoms with E-state index in [1.165, 1.54) is 5.69 Å². The molecular formula is C12H12BIrN4. The van der Waals surface area contributed by atoms with Gasteiger partial charge in [-0.15, -0.1) is 5.10 Å². The molecule has 0 unspecified atom stereocenters. The van der Waals surface area contributed by atoms with Gasteiger partial charge in [0.05, 0.1) is 0 Å². The Hall–Kier alpha value is -1.39. The number of rotatable bonds is 2. The minimum atomic E-state index is 0. The summed E-state index contributed by atoms with van der Waals surface area (Å²) in [6.07, 6.45) is 1.69. The Bertz CT molecular complexity index is 436. The van der Waals surface area contributed by atoms with E-state index in [1.54, 1.807) is 6.20 Å². The molecule has 0 saturated carbocycles. The SMILES string of the molecule is [B]1N(c2ccccc2)CCN1c1cccnn1.[Ir]. The maximum absolute atomic E-state index is 4.11. The van der Waals surface area contributed by atoms with Crippen LogP contribution in [0, 0.1) is 0 Å². The van der Waals surface area contributed by atoms with Crippen molar-refractivity contribution in [1.82, 2.24) is 10.2 Å². The molecule has 0 bridgehead atoms. The summed E-state index contributed by atoms with van der Waals surface area (Å²) in [4.78, 5) is 4.33. The molecule has 6 heteroatoms. The quantitative estimate of drug-likeness (QED) is 0.694.